The number of aryl methyl sites for hydroxylation is 1. The SMILES string of the molecule is Cc1[nH]cc[n+]1COP(=O)(O)O.O=C([O-])C(F)(F)F. The lowest BCUT2D eigenvalue weighted by Gasteiger charge is -2.03. The molecule has 0 saturated carbocycles. The lowest BCUT2D eigenvalue weighted by molar-refractivity contribution is -0.729. The summed E-state index contributed by atoms with van der Waals surface area (Å²) in [4.78, 5) is 28.4. The predicted molar refractivity (Wildman–Crippen MR) is 49.9 cm³/mol. The maximum absolute atomic E-state index is 10.5. The van der Waals surface area contributed by atoms with Crippen molar-refractivity contribution < 1.29 is 46.5 Å². The highest BCUT2D eigenvalue weighted by Gasteiger charge is 2.28. The van der Waals surface area contributed by atoms with E-state index in [1.165, 1.54) is 0 Å². The number of carbonyl (C=O) groups is 1. The highest BCUT2D eigenvalue weighted by atomic mass is 31.2. The average molecular weight is 306 g/mol. The molecule has 0 spiro atoms. The van der Waals surface area contributed by atoms with Crippen molar-refractivity contribution in [2.24, 2.45) is 0 Å². The molecule has 110 valence electrons. The zero-order valence-corrected chi connectivity index (χ0v) is 10.3. The zero-order valence-electron chi connectivity index (χ0n) is 9.42. The number of phosphoric ester groups is 1. The fraction of sp³-hybridized carbons (Fsp3) is 0.429. The molecule has 0 aliphatic rings. The van der Waals surface area contributed by atoms with E-state index in [-0.39, 0.29) is 6.73 Å². The van der Waals surface area contributed by atoms with E-state index in [1.807, 2.05) is 0 Å². The van der Waals surface area contributed by atoms with Crippen LogP contribution < -0.4 is 9.67 Å². The lowest BCUT2D eigenvalue weighted by Crippen LogP contribution is -2.37. The molecule has 1 aromatic rings. The Morgan fingerprint density at radius 2 is 2.05 bits per heavy atom. The number of hydrogen-bond donors (Lipinski definition) is 3. The Morgan fingerprint density at radius 3 is 2.32 bits per heavy atom. The van der Waals surface area contributed by atoms with Gasteiger partial charge in [0.05, 0.1) is 0 Å². The van der Waals surface area contributed by atoms with Gasteiger partial charge < -0.3 is 19.7 Å². The number of alkyl halides is 3. The molecule has 0 radical (unpaired) electrons. The second-order valence-electron chi connectivity index (χ2n) is 3.05. The smallest absolute Gasteiger partial charge is 0.472 e. The summed E-state index contributed by atoms with van der Waals surface area (Å²) >= 11 is 0. The van der Waals surface area contributed by atoms with Crippen LogP contribution in [-0.4, -0.2) is 26.9 Å². The Balaban J connectivity index is 0.000000399. The number of phosphoric acid groups is 1. The zero-order chi connectivity index (χ0) is 15.3. The van der Waals surface area contributed by atoms with Gasteiger partial charge in [-0.3, -0.25) is 0 Å². The van der Waals surface area contributed by atoms with E-state index in [0.717, 1.165) is 5.82 Å². The quantitative estimate of drug-likeness (QED) is 0.484. The molecule has 0 aliphatic heterocycles. The lowest BCUT2D eigenvalue weighted by atomic mass is 10.7. The first-order valence-electron chi connectivity index (χ1n) is 4.45. The molecular formula is C7H10F3N2O6P. The molecule has 0 amide bonds. The molecule has 1 aromatic heterocycles. The van der Waals surface area contributed by atoms with Crippen molar-refractivity contribution in [3.05, 3.63) is 18.2 Å². The maximum atomic E-state index is 10.5. The molecule has 1 heterocycles. The van der Waals surface area contributed by atoms with Crippen molar-refractivity contribution >= 4 is 13.8 Å². The molecule has 0 fully saturated rings. The number of carbonyl (C=O) groups excluding carboxylic acids is 1. The number of nitrogens with one attached hydrogen (secondary N) is 1. The van der Waals surface area contributed by atoms with Gasteiger partial charge in [-0.25, -0.2) is 18.6 Å². The van der Waals surface area contributed by atoms with Gasteiger partial charge in [0.1, 0.15) is 18.4 Å². The molecule has 1 rings (SSSR count). The van der Waals surface area contributed by atoms with Gasteiger partial charge in [-0.1, -0.05) is 0 Å². The van der Waals surface area contributed by atoms with Crippen LogP contribution in [0.1, 0.15) is 5.82 Å². The van der Waals surface area contributed by atoms with Crippen molar-refractivity contribution in [2.45, 2.75) is 19.8 Å². The number of aromatic nitrogens is 2. The third-order valence-corrected chi connectivity index (χ3v) is 2.03. The number of H-pyrrole nitrogens is 1. The second-order valence-corrected chi connectivity index (χ2v) is 4.29. The minimum absolute atomic E-state index is 0.153. The number of halogens is 3. The third kappa shape index (κ3) is 8.32. The molecule has 0 unspecified atom stereocenters. The Kier molecular flexibility index (Phi) is 6.16. The number of hydrogen-bond acceptors (Lipinski definition) is 4. The molecule has 12 heteroatoms. The first-order chi connectivity index (χ1) is 8.43. The summed E-state index contributed by atoms with van der Waals surface area (Å²) in [5.74, 6) is -2.24. The largest absolute Gasteiger partial charge is 0.542 e. The van der Waals surface area contributed by atoms with Gasteiger partial charge in [-0.05, 0) is 0 Å². The summed E-state index contributed by atoms with van der Waals surface area (Å²) in [6.45, 7) is 1.61. The maximum Gasteiger partial charge on any atom is 0.472 e. The Labute approximate surface area is 104 Å². The van der Waals surface area contributed by atoms with Crippen molar-refractivity contribution in [2.75, 3.05) is 0 Å². The van der Waals surface area contributed by atoms with Crippen LogP contribution >= 0.6 is 7.82 Å². The molecule has 0 aromatic carbocycles. The van der Waals surface area contributed by atoms with E-state index < -0.39 is 20.0 Å². The summed E-state index contributed by atoms with van der Waals surface area (Å²) in [6.07, 6.45) is -1.91. The van der Waals surface area contributed by atoms with Gasteiger partial charge in [-0.2, -0.15) is 13.2 Å². The van der Waals surface area contributed by atoms with Crippen LogP contribution in [0.3, 0.4) is 0 Å². The molecule has 19 heavy (non-hydrogen) atoms. The second kappa shape index (κ2) is 6.66. The average Bonchev–Trinajstić information content (AvgIpc) is 2.59. The van der Waals surface area contributed by atoms with E-state index in [4.69, 9.17) is 19.7 Å². The van der Waals surface area contributed by atoms with Gasteiger partial charge in [0.15, 0.2) is 0 Å². The highest BCUT2D eigenvalue weighted by Crippen LogP contribution is 2.35. The van der Waals surface area contributed by atoms with E-state index in [2.05, 4.69) is 9.51 Å². The number of aliphatic carboxylic acids is 1. The van der Waals surface area contributed by atoms with Crippen LogP contribution in [0, 0.1) is 6.92 Å². The number of rotatable bonds is 3. The van der Waals surface area contributed by atoms with Crippen LogP contribution in [0.25, 0.3) is 0 Å². The number of aromatic amines is 1. The minimum Gasteiger partial charge on any atom is -0.542 e. The summed E-state index contributed by atoms with van der Waals surface area (Å²) in [5.41, 5.74) is 0. The Morgan fingerprint density at radius 1 is 1.58 bits per heavy atom. The molecular weight excluding hydrogens is 296 g/mol. The van der Waals surface area contributed by atoms with Crippen molar-refractivity contribution in [3.63, 3.8) is 0 Å². The van der Waals surface area contributed by atoms with Crippen molar-refractivity contribution in [3.8, 4) is 0 Å². The molecule has 3 N–H and O–H groups in total. The van der Waals surface area contributed by atoms with Gasteiger partial charge in [0.25, 0.3) is 5.82 Å². The number of carboxylic acid groups (broad SMARTS) is 1. The van der Waals surface area contributed by atoms with E-state index >= 15 is 0 Å². The van der Waals surface area contributed by atoms with E-state index in [1.54, 1.807) is 23.9 Å². The topological polar surface area (TPSA) is 127 Å². The first-order valence-corrected chi connectivity index (χ1v) is 5.98. The van der Waals surface area contributed by atoms with Gasteiger partial charge >= 0.3 is 14.0 Å². The van der Waals surface area contributed by atoms with Crippen molar-refractivity contribution in [1.82, 2.24) is 4.98 Å². The normalized spacial score (nSPS) is 11.7. The number of nitrogens with zero attached hydrogens (tertiary/aromatic N) is 1. The molecule has 0 bridgehead atoms. The van der Waals surface area contributed by atoms with Crippen LogP contribution in [-0.2, 0) is 20.6 Å². The highest BCUT2D eigenvalue weighted by molar-refractivity contribution is 7.46. The first kappa shape index (κ1) is 17.6. The molecule has 0 saturated heterocycles. The van der Waals surface area contributed by atoms with Gasteiger partial charge in [0.2, 0.25) is 6.73 Å². The summed E-state index contributed by atoms with van der Waals surface area (Å²) in [5, 5.41) is 8.78. The summed E-state index contributed by atoms with van der Waals surface area (Å²) in [6, 6.07) is 0. The molecule has 0 aliphatic carbocycles. The summed E-state index contributed by atoms with van der Waals surface area (Å²) < 4.78 is 47.6. The Bertz CT molecular complexity index is 468. The minimum atomic E-state index is -5.19. The fourth-order valence-electron chi connectivity index (χ4n) is 0.720. The number of carboxylic acids is 1. The molecule has 0 atom stereocenters. The third-order valence-electron chi connectivity index (χ3n) is 1.57. The van der Waals surface area contributed by atoms with E-state index in [0.29, 0.717) is 0 Å². The standard InChI is InChI=1S/C5H9N2O4P.C2HF3O2/c1-5-6-2-3-7(5)4-11-12(8,9)10;3-2(4,5)1(6)7/h2-3H,4H2,1H3,(H2,8,9,10);(H,6,7). The van der Waals surface area contributed by atoms with Crippen LogP contribution in [0.5, 0.6) is 0 Å². The van der Waals surface area contributed by atoms with Crippen molar-refractivity contribution in [1.29, 1.82) is 0 Å². The Hall–Kier alpha value is -1.42. The van der Waals surface area contributed by atoms with Crippen LogP contribution in [0.4, 0.5) is 13.2 Å². The van der Waals surface area contributed by atoms with Crippen LogP contribution in [0.15, 0.2) is 12.4 Å². The summed E-state index contributed by atoms with van der Waals surface area (Å²) in [7, 11) is -4.36. The predicted octanol–water partition coefficient (Wildman–Crippen LogP) is -1.02. The fourth-order valence-corrected chi connectivity index (χ4v) is 0.995. The van der Waals surface area contributed by atoms with Crippen LogP contribution in [0.2, 0.25) is 0 Å². The molecule has 8 nitrogen and oxygen atoms in total. The van der Waals surface area contributed by atoms with Gasteiger partial charge in [0, 0.05) is 6.92 Å². The monoisotopic (exact) mass is 306 g/mol. The van der Waals surface area contributed by atoms with Gasteiger partial charge in [-0.15, -0.1) is 0 Å². The number of imidazole rings is 1. The van der Waals surface area contributed by atoms with E-state index in [9.17, 15) is 17.7 Å².